The fourth-order valence-corrected chi connectivity index (χ4v) is 2.35. The fraction of sp³-hybridized carbons (Fsp3) is 0.118. The number of fused-ring (bicyclic) bond motifs is 1. The molecule has 0 unspecified atom stereocenters. The van der Waals surface area contributed by atoms with Crippen LogP contribution in [0.5, 0.6) is 0 Å². The predicted octanol–water partition coefficient (Wildman–Crippen LogP) is 0.177. The van der Waals surface area contributed by atoms with Gasteiger partial charge >= 0.3 is 0 Å². The first-order chi connectivity index (χ1) is 9.25. The summed E-state index contributed by atoms with van der Waals surface area (Å²) in [5.74, 6) is 0. The minimum atomic E-state index is 0. The highest BCUT2D eigenvalue weighted by atomic mass is 127. The van der Waals surface area contributed by atoms with Crippen LogP contribution < -0.4 is 28.5 Å². The molecule has 0 atom stereocenters. The molecule has 102 valence electrons. The molecule has 0 aliphatic rings. The van der Waals surface area contributed by atoms with Crippen molar-refractivity contribution in [3.8, 4) is 0 Å². The number of para-hydroxylation sites is 1. The summed E-state index contributed by atoms with van der Waals surface area (Å²) in [5, 5.41) is 1.28. The Morgan fingerprint density at radius 3 is 2.50 bits per heavy atom. The first-order valence-corrected chi connectivity index (χ1v) is 6.43. The minimum Gasteiger partial charge on any atom is -1.00 e. The lowest BCUT2D eigenvalue weighted by Crippen LogP contribution is -3.00. The average Bonchev–Trinajstić information content (AvgIpc) is 2.75. The summed E-state index contributed by atoms with van der Waals surface area (Å²) in [5.41, 5.74) is 3.66. The Hall–Kier alpha value is -1.62. The van der Waals surface area contributed by atoms with Crippen molar-refractivity contribution in [3.63, 3.8) is 0 Å². The monoisotopic (exact) mass is 376 g/mol. The topological polar surface area (TPSA) is 8.81 Å². The van der Waals surface area contributed by atoms with Gasteiger partial charge in [0.25, 0.3) is 0 Å². The summed E-state index contributed by atoms with van der Waals surface area (Å²) < 4.78 is 4.33. The zero-order chi connectivity index (χ0) is 13.2. The third-order valence-corrected chi connectivity index (χ3v) is 3.51. The van der Waals surface area contributed by atoms with E-state index < -0.39 is 0 Å². The fourth-order valence-electron chi connectivity index (χ4n) is 2.35. The molecule has 0 amide bonds. The molecule has 0 saturated heterocycles. The van der Waals surface area contributed by atoms with Crippen LogP contribution in [0.2, 0.25) is 0 Å². The first kappa shape index (κ1) is 14.8. The van der Waals surface area contributed by atoms with Crippen LogP contribution in [0, 0.1) is 0 Å². The number of pyridine rings is 1. The third kappa shape index (κ3) is 2.77. The molecule has 0 fully saturated rings. The van der Waals surface area contributed by atoms with Crippen LogP contribution in [0.25, 0.3) is 23.1 Å². The van der Waals surface area contributed by atoms with Crippen LogP contribution in [0.15, 0.2) is 54.7 Å². The SMILES string of the molecule is Cn1c(/C=C/c2cccc[n+]2C)cc2ccccc21.[I-]. The molecule has 2 heterocycles. The molecule has 3 heteroatoms. The number of aromatic nitrogens is 2. The predicted molar refractivity (Wildman–Crippen MR) is 79.5 cm³/mol. The highest BCUT2D eigenvalue weighted by Crippen LogP contribution is 2.19. The maximum absolute atomic E-state index is 2.22. The molecule has 0 bridgehead atoms. The highest BCUT2D eigenvalue weighted by molar-refractivity contribution is 5.85. The van der Waals surface area contributed by atoms with Gasteiger partial charge in [-0.1, -0.05) is 18.2 Å². The summed E-state index contributed by atoms with van der Waals surface area (Å²) >= 11 is 0. The zero-order valence-electron chi connectivity index (χ0n) is 11.6. The second-order valence-electron chi connectivity index (χ2n) is 4.76. The van der Waals surface area contributed by atoms with E-state index in [0.29, 0.717) is 0 Å². The molecule has 0 aliphatic carbocycles. The lowest BCUT2D eigenvalue weighted by atomic mass is 10.2. The average molecular weight is 376 g/mol. The van der Waals surface area contributed by atoms with Gasteiger partial charge in [-0.25, -0.2) is 4.57 Å². The number of hydrogen-bond acceptors (Lipinski definition) is 0. The van der Waals surface area contributed by atoms with Gasteiger partial charge in [0.15, 0.2) is 6.20 Å². The van der Waals surface area contributed by atoms with Gasteiger partial charge in [-0.15, -0.1) is 0 Å². The van der Waals surface area contributed by atoms with Crippen LogP contribution >= 0.6 is 0 Å². The second kappa shape index (κ2) is 6.22. The molecular weight excluding hydrogens is 359 g/mol. The van der Waals surface area contributed by atoms with Crippen LogP contribution in [-0.4, -0.2) is 4.57 Å². The third-order valence-electron chi connectivity index (χ3n) is 3.51. The standard InChI is InChI=1S/C17H17N2.HI/c1-18-12-6-5-8-15(18)10-11-16-13-14-7-3-4-9-17(14)19(16)2;/h3-13H,1-2H3;1H/q+1;/p-1. The van der Waals surface area contributed by atoms with E-state index in [1.165, 1.54) is 22.3 Å². The van der Waals surface area contributed by atoms with E-state index in [0.717, 1.165) is 0 Å². The van der Waals surface area contributed by atoms with Crippen molar-refractivity contribution in [1.29, 1.82) is 0 Å². The lowest BCUT2D eigenvalue weighted by Gasteiger charge is -1.98. The molecule has 3 aromatic rings. The van der Waals surface area contributed by atoms with Crippen LogP contribution in [0.1, 0.15) is 11.4 Å². The van der Waals surface area contributed by atoms with Crippen molar-refractivity contribution in [2.45, 2.75) is 0 Å². The van der Waals surface area contributed by atoms with Gasteiger partial charge in [-0.2, -0.15) is 0 Å². The summed E-state index contributed by atoms with van der Waals surface area (Å²) in [7, 11) is 4.16. The number of benzene rings is 1. The molecular formula is C17H17IN2. The molecule has 0 spiro atoms. The Morgan fingerprint density at radius 1 is 1.00 bits per heavy atom. The second-order valence-corrected chi connectivity index (χ2v) is 4.76. The highest BCUT2D eigenvalue weighted by Gasteiger charge is 2.03. The molecule has 0 N–H and O–H groups in total. The van der Waals surface area contributed by atoms with Gasteiger partial charge in [0.2, 0.25) is 5.69 Å². The van der Waals surface area contributed by atoms with Crippen molar-refractivity contribution >= 4 is 23.1 Å². The minimum absolute atomic E-state index is 0. The molecule has 20 heavy (non-hydrogen) atoms. The van der Waals surface area contributed by atoms with E-state index in [9.17, 15) is 0 Å². The van der Waals surface area contributed by atoms with Gasteiger partial charge in [-0.3, -0.25) is 0 Å². The Bertz CT molecular complexity index is 757. The number of hydrogen-bond donors (Lipinski definition) is 0. The summed E-state index contributed by atoms with van der Waals surface area (Å²) in [6, 6.07) is 16.9. The maximum atomic E-state index is 2.22. The molecule has 2 aromatic heterocycles. The Labute approximate surface area is 136 Å². The van der Waals surface area contributed by atoms with E-state index in [1.807, 2.05) is 6.07 Å². The summed E-state index contributed by atoms with van der Waals surface area (Å²) in [6.45, 7) is 0. The van der Waals surface area contributed by atoms with E-state index >= 15 is 0 Å². The smallest absolute Gasteiger partial charge is 0.204 e. The van der Waals surface area contributed by atoms with Crippen molar-refractivity contribution in [3.05, 3.63) is 66.1 Å². The van der Waals surface area contributed by atoms with Gasteiger partial charge in [0, 0.05) is 41.9 Å². The van der Waals surface area contributed by atoms with Crippen molar-refractivity contribution in [1.82, 2.24) is 4.57 Å². The van der Waals surface area contributed by atoms with Gasteiger partial charge in [-0.05, 0) is 24.3 Å². The van der Waals surface area contributed by atoms with Gasteiger partial charge < -0.3 is 28.5 Å². The summed E-state index contributed by atoms with van der Waals surface area (Å²) in [4.78, 5) is 0. The van der Waals surface area contributed by atoms with E-state index in [2.05, 4.69) is 84.0 Å². The normalized spacial score (nSPS) is 10.9. The number of rotatable bonds is 2. The van der Waals surface area contributed by atoms with Crippen LogP contribution in [0.3, 0.4) is 0 Å². The zero-order valence-corrected chi connectivity index (χ0v) is 13.8. The van der Waals surface area contributed by atoms with Crippen molar-refractivity contribution in [2.24, 2.45) is 14.1 Å². The van der Waals surface area contributed by atoms with Crippen LogP contribution in [0.4, 0.5) is 0 Å². The maximum Gasteiger partial charge on any atom is 0.204 e. The first-order valence-electron chi connectivity index (χ1n) is 6.43. The van der Waals surface area contributed by atoms with Gasteiger partial charge in [0.05, 0.1) is 0 Å². The number of nitrogens with zero attached hydrogens (tertiary/aromatic N) is 2. The number of aryl methyl sites for hydroxylation is 2. The Balaban J connectivity index is 0.00000147. The van der Waals surface area contributed by atoms with E-state index in [4.69, 9.17) is 0 Å². The Morgan fingerprint density at radius 2 is 1.75 bits per heavy atom. The van der Waals surface area contributed by atoms with Gasteiger partial charge in [0.1, 0.15) is 7.05 Å². The van der Waals surface area contributed by atoms with Crippen molar-refractivity contribution in [2.75, 3.05) is 0 Å². The molecule has 1 aromatic carbocycles. The summed E-state index contributed by atoms with van der Waals surface area (Å²) in [6.07, 6.45) is 6.37. The molecule has 0 radical (unpaired) electrons. The molecule has 0 aliphatic heterocycles. The van der Waals surface area contributed by atoms with E-state index in [-0.39, 0.29) is 24.0 Å². The van der Waals surface area contributed by atoms with Crippen LogP contribution in [-0.2, 0) is 14.1 Å². The lowest BCUT2D eigenvalue weighted by molar-refractivity contribution is -0.673. The Kier molecular flexibility index (Phi) is 4.60. The molecule has 2 nitrogen and oxygen atoms in total. The van der Waals surface area contributed by atoms with Crippen molar-refractivity contribution < 1.29 is 28.5 Å². The van der Waals surface area contributed by atoms with E-state index in [1.54, 1.807) is 0 Å². The number of halogens is 1. The largest absolute Gasteiger partial charge is 1.00 e. The molecule has 0 saturated carbocycles. The molecule has 3 rings (SSSR count). The quantitative estimate of drug-likeness (QED) is 0.446.